The van der Waals surface area contributed by atoms with Crippen LogP contribution in [0.2, 0.25) is 0 Å². The lowest BCUT2D eigenvalue weighted by Gasteiger charge is -2.22. The van der Waals surface area contributed by atoms with Crippen LogP contribution < -0.4 is 4.90 Å². The average molecular weight is 351 g/mol. The van der Waals surface area contributed by atoms with Crippen LogP contribution in [0.4, 0.5) is 5.82 Å². The van der Waals surface area contributed by atoms with Crippen LogP contribution in [-0.4, -0.2) is 72.1 Å². The van der Waals surface area contributed by atoms with Crippen LogP contribution in [-0.2, 0) is 6.54 Å². The van der Waals surface area contributed by atoms with Crippen LogP contribution in [0.3, 0.4) is 0 Å². The van der Waals surface area contributed by atoms with Crippen LogP contribution in [0.5, 0.6) is 0 Å². The van der Waals surface area contributed by atoms with Crippen LogP contribution in [0.1, 0.15) is 0 Å². The highest BCUT2D eigenvalue weighted by molar-refractivity contribution is 5.44. The molecule has 9 heteroatoms. The van der Waals surface area contributed by atoms with Gasteiger partial charge in [0, 0.05) is 51.2 Å². The van der Waals surface area contributed by atoms with Gasteiger partial charge in [-0.15, -0.1) is 0 Å². The first kappa shape index (κ1) is 15.4. The van der Waals surface area contributed by atoms with E-state index in [9.17, 15) is 0 Å². The van der Waals surface area contributed by atoms with Crippen LogP contribution in [0.25, 0.3) is 5.82 Å². The third-order valence-electron chi connectivity index (χ3n) is 5.38. The van der Waals surface area contributed by atoms with Crippen molar-refractivity contribution in [2.75, 3.05) is 37.6 Å². The molecule has 3 aromatic rings. The van der Waals surface area contributed by atoms with Crippen molar-refractivity contribution in [3.63, 3.8) is 0 Å². The monoisotopic (exact) mass is 351 g/mol. The van der Waals surface area contributed by atoms with E-state index in [-0.39, 0.29) is 0 Å². The Kier molecular flexibility index (Phi) is 3.85. The Morgan fingerprint density at radius 2 is 1.77 bits per heavy atom. The van der Waals surface area contributed by atoms with E-state index in [4.69, 9.17) is 0 Å². The largest absolute Gasteiger partial charge is 0.356 e. The Morgan fingerprint density at radius 1 is 0.923 bits per heavy atom. The van der Waals surface area contributed by atoms with E-state index in [2.05, 4.69) is 34.9 Å². The molecule has 0 saturated carbocycles. The molecule has 2 aliphatic heterocycles. The summed E-state index contributed by atoms with van der Waals surface area (Å²) < 4.78 is 3.67. The zero-order valence-corrected chi connectivity index (χ0v) is 14.5. The van der Waals surface area contributed by atoms with Gasteiger partial charge in [0.1, 0.15) is 24.8 Å². The fraction of sp³-hybridized carbons (Fsp3) is 0.471. The quantitative estimate of drug-likeness (QED) is 0.655. The van der Waals surface area contributed by atoms with Gasteiger partial charge in [-0.1, -0.05) is 0 Å². The lowest BCUT2D eigenvalue weighted by atomic mass is 10.0. The summed E-state index contributed by atoms with van der Waals surface area (Å²) in [5.74, 6) is 3.21. The van der Waals surface area contributed by atoms with Gasteiger partial charge in [0.15, 0.2) is 5.82 Å². The number of likely N-dealkylation sites (tertiary alicyclic amines) is 1. The molecule has 0 N–H and O–H groups in total. The number of nitrogens with zero attached hydrogens (tertiary/aromatic N) is 9. The van der Waals surface area contributed by atoms with Gasteiger partial charge in [-0.25, -0.2) is 19.6 Å². The fourth-order valence-corrected chi connectivity index (χ4v) is 4.09. The maximum atomic E-state index is 4.49. The zero-order valence-electron chi connectivity index (χ0n) is 14.5. The molecule has 0 spiro atoms. The van der Waals surface area contributed by atoms with Gasteiger partial charge in [-0.05, 0) is 17.9 Å². The summed E-state index contributed by atoms with van der Waals surface area (Å²) in [5.41, 5.74) is 0. The number of aromatic nitrogens is 7. The Labute approximate surface area is 151 Å². The Morgan fingerprint density at radius 3 is 2.50 bits per heavy atom. The predicted octanol–water partition coefficient (Wildman–Crippen LogP) is 0.322. The number of rotatable bonds is 5. The van der Waals surface area contributed by atoms with E-state index in [1.54, 1.807) is 29.9 Å². The number of hydrogen-bond donors (Lipinski definition) is 0. The first-order chi connectivity index (χ1) is 12.8. The van der Waals surface area contributed by atoms with Gasteiger partial charge in [-0.3, -0.25) is 4.68 Å². The minimum atomic E-state index is 0.703. The standard InChI is InChI=1S/C17H21N9/c1-2-21-26(3-1)17-6-16(19-12-20-17)24-9-14-7-23(8-15(14)10-24)4-5-25-13-18-11-22-25/h1-3,6,11-15H,4-5,7-10H2. The smallest absolute Gasteiger partial charge is 0.158 e. The van der Waals surface area contributed by atoms with Gasteiger partial charge in [0.2, 0.25) is 0 Å². The maximum Gasteiger partial charge on any atom is 0.158 e. The predicted molar refractivity (Wildman–Crippen MR) is 94.8 cm³/mol. The highest BCUT2D eigenvalue weighted by Crippen LogP contribution is 2.33. The highest BCUT2D eigenvalue weighted by Gasteiger charge is 2.40. The molecule has 0 aliphatic carbocycles. The third kappa shape index (κ3) is 2.94. The van der Waals surface area contributed by atoms with Crippen LogP contribution >= 0.6 is 0 Å². The topological polar surface area (TPSA) is 80.8 Å². The van der Waals surface area contributed by atoms with Crippen molar-refractivity contribution < 1.29 is 0 Å². The summed E-state index contributed by atoms with van der Waals surface area (Å²) in [6.07, 6.45) is 8.67. The normalized spacial score (nSPS) is 22.8. The SMILES string of the molecule is c1cnn(-c2cc(N3CC4CN(CCn5cncn5)CC4C3)ncn2)c1. The average Bonchev–Trinajstić information content (AvgIpc) is 3.44. The minimum Gasteiger partial charge on any atom is -0.356 e. The molecule has 0 radical (unpaired) electrons. The van der Waals surface area contributed by atoms with Crippen molar-refractivity contribution in [2.24, 2.45) is 11.8 Å². The Hall–Kier alpha value is -2.81. The van der Waals surface area contributed by atoms with Gasteiger partial charge >= 0.3 is 0 Å². The molecule has 5 heterocycles. The second-order valence-corrected chi connectivity index (χ2v) is 7.03. The second-order valence-electron chi connectivity index (χ2n) is 7.03. The molecule has 2 unspecified atom stereocenters. The van der Waals surface area contributed by atoms with Crippen molar-refractivity contribution >= 4 is 5.82 Å². The molecule has 2 atom stereocenters. The Balaban J connectivity index is 1.21. The molecule has 0 aromatic carbocycles. The molecule has 134 valence electrons. The molecule has 5 rings (SSSR count). The molecular weight excluding hydrogens is 330 g/mol. The molecular formula is C17H21N9. The molecule has 2 saturated heterocycles. The third-order valence-corrected chi connectivity index (χ3v) is 5.38. The van der Waals surface area contributed by atoms with Crippen molar-refractivity contribution in [3.05, 3.63) is 43.5 Å². The lowest BCUT2D eigenvalue weighted by Crippen LogP contribution is -2.31. The summed E-state index contributed by atoms with van der Waals surface area (Å²) in [6.45, 7) is 6.34. The first-order valence-electron chi connectivity index (χ1n) is 8.97. The molecule has 0 amide bonds. The number of fused-ring (bicyclic) bond motifs is 1. The van der Waals surface area contributed by atoms with Crippen molar-refractivity contribution in [1.29, 1.82) is 0 Å². The molecule has 2 aliphatic rings. The van der Waals surface area contributed by atoms with E-state index < -0.39 is 0 Å². The Bertz CT molecular complexity index is 831. The molecule has 26 heavy (non-hydrogen) atoms. The van der Waals surface area contributed by atoms with E-state index in [0.29, 0.717) is 11.8 Å². The zero-order chi connectivity index (χ0) is 17.3. The van der Waals surface area contributed by atoms with Crippen molar-refractivity contribution in [3.8, 4) is 5.82 Å². The van der Waals surface area contributed by atoms with Crippen molar-refractivity contribution in [1.82, 2.24) is 39.4 Å². The van der Waals surface area contributed by atoms with Crippen LogP contribution in [0, 0.1) is 11.8 Å². The summed E-state index contributed by atoms with van der Waals surface area (Å²) in [7, 11) is 0. The summed E-state index contributed by atoms with van der Waals surface area (Å²) in [4.78, 5) is 17.8. The fourth-order valence-electron chi connectivity index (χ4n) is 4.09. The van der Waals surface area contributed by atoms with E-state index in [1.807, 2.05) is 23.0 Å². The number of hydrogen-bond acceptors (Lipinski definition) is 7. The van der Waals surface area contributed by atoms with Gasteiger partial charge in [0.05, 0.1) is 6.54 Å². The minimum absolute atomic E-state index is 0.703. The van der Waals surface area contributed by atoms with Gasteiger partial charge < -0.3 is 9.80 Å². The van der Waals surface area contributed by atoms with E-state index >= 15 is 0 Å². The van der Waals surface area contributed by atoms with E-state index in [0.717, 1.165) is 50.9 Å². The van der Waals surface area contributed by atoms with Crippen molar-refractivity contribution in [2.45, 2.75) is 6.54 Å². The van der Waals surface area contributed by atoms with Crippen LogP contribution in [0.15, 0.2) is 43.5 Å². The number of anilines is 1. The maximum absolute atomic E-state index is 4.49. The molecule has 2 fully saturated rings. The second kappa shape index (κ2) is 6.49. The first-order valence-corrected chi connectivity index (χ1v) is 8.97. The summed E-state index contributed by atoms with van der Waals surface area (Å²) in [5, 5.41) is 8.43. The highest BCUT2D eigenvalue weighted by atomic mass is 15.3. The molecule has 9 nitrogen and oxygen atoms in total. The van der Waals surface area contributed by atoms with E-state index in [1.165, 1.54) is 0 Å². The summed E-state index contributed by atoms with van der Waals surface area (Å²) >= 11 is 0. The summed E-state index contributed by atoms with van der Waals surface area (Å²) in [6, 6.07) is 3.92. The molecule has 0 bridgehead atoms. The van der Waals surface area contributed by atoms with Gasteiger partial charge in [-0.2, -0.15) is 10.2 Å². The lowest BCUT2D eigenvalue weighted by molar-refractivity contribution is 0.296. The molecule has 3 aromatic heterocycles. The van der Waals surface area contributed by atoms with Gasteiger partial charge in [0.25, 0.3) is 0 Å².